The fraction of sp³-hybridized carbons (Fsp3) is 0.353. The van der Waals surface area contributed by atoms with Crippen molar-refractivity contribution in [3.05, 3.63) is 57.4 Å². The number of aryl methyl sites for hydroxylation is 1. The van der Waals surface area contributed by atoms with Gasteiger partial charge in [-0.3, -0.25) is 19.6 Å². The number of carbonyl (C=O) groups is 2. The summed E-state index contributed by atoms with van der Waals surface area (Å²) in [7, 11) is 1.50. The average Bonchev–Trinajstić information content (AvgIpc) is 3.02. The Morgan fingerprint density at radius 3 is 2.69 bits per heavy atom. The molecule has 0 saturated heterocycles. The molecule has 136 valence electrons. The van der Waals surface area contributed by atoms with E-state index in [1.807, 2.05) is 24.3 Å². The van der Waals surface area contributed by atoms with Gasteiger partial charge >= 0.3 is 11.7 Å². The highest BCUT2D eigenvalue weighted by molar-refractivity contribution is 5.98. The number of fused-ring (bicyclic) bond motifs is 1. The molecule has 1 aromatic carbocycles. The van der Waals surface area contributed by atoms with Gasteiger partial charge in [0.2, 0.25) is 5.69 Å². The van der Waals surface area contributed by atoms with Gasteiger partial charge in [0.15, 0.2) is 0 Å². The van der Waals surface area contributed by atoms with Crippen molar-refractivity contribution in [1.29, 1.82) is 0 Å². The molecule has 1 aromatic heterocycles. The normalized spacial score (nSPS) is 16.1. The zero-order valence-corrected chi connectivity index (χ0v) is 14.4. The van der Waals surface area contributed by atoms with Crippen molar-refractivity contribution in [3.8, 4) is 0 Å². The van der Waals surface area contributed by atoms with Crippen LogP contribution in [0.1, 0.15) is 28.5 Å². The number of hydrogen-bond acceptors (Lipinski definition) is 6. The van der Waals surface area contributed by atoms with E-state index in [0.717, 1.165) is 11.1 Å². The Hall–Kier alpha value is -3.23. The first kappa shape index (κ1) is 17.6. The number of aromatic nitrogens is 2. The average molecular weight is 358 g/mol. The molecule has 1 atom stereocenters. The fourth-order valence-corrected chi connectivity index (χ4v) is 3.08. The van der Waals surface area contributed by atoms with E-state index >= 15 is 0 Å². The standard InChI is InChI=1S/C17H18N4O5/c1-3-26-17(23)13-8-11-6-4-5-7-12(11)9-20(13)16(22)15-14(21(24)25)10-19(2)18-15/h4-7,10,13H,3,8-9H2,1-2H3. The lowest BCUT2D eigenvalue weighted by molar-refractivity contribution is -0.385. The van der Waals surface area contributed by atoms with Crippen molar-refractivity contribution in [1.82, 2.24) is 14.7 Å². The first-order chi connectivity index (χ1) is 12.4. The smallest absolute Gasteiger partial charge is 0.329 e. The molecule has 0 N–H and O–H groups in total. The van der Waals surface area contributed by atoms with Crippen molar-refractivity contribution in [2.45, 2.75) is 25.9 Å². The van der Waals surface area contributed by atoms with Crippen molar-refractivity contribution in [3.63, 3.8) is 0 Å². The van der Waals surface area contributed by atoms with Crippen LogP contribution in [0, 0.1) is 10.1 Å². The van der Waals surface area contributed by atoms with Crippen LogP contribution in [0.25, 0.3) is 0 Å². The molecule has 1 aliphatic rings. The van der Waals surface area contributed by atoms with Crippen LogP contribution in [0.3, 0.4) is 0 Å². The minimum Gasteiger partial charge on any atom is -0.464 e. The lowest BCUT2D eigenvalue weighted by atomic mass is 9.93. The molecule has 0 radical (unpaired) electrons. The maximum atomic E-state index is 13.0. The first-order valence-electron chi connectivity index (χ1n) is 8.14. The monoisotopic (exact) mass is 358 g/mol. The predicted octanol–water partition coefficient (Wildman–Crippen LogP) is 1.46. The third kappa shape index (κ3) is 3.15. The van der Waals surface area contributed by atoms with Gasteiger partial charge in [0.25, 0.3) is 5.91 Å². The number of carbonyl (C=O) groups excluding carboxylic acids is 2. The van der Waals surface area contributed by atoms with Crippen LogP contribution < -0.4 is 0 Å². The van der Waals surface area contributed by atoms with Crippen LogP contribution in [0.2, 0.25) is 0 Å². The summed E-state index contributed by atoms with van der Waals surface area (Å²) in [6, 6.07) is 6.62. The maximum absolute atomic E-state index is 13.0. The summed E-state index contributed by atoms with van der Waals surface area (Å²) in [4.78, 5) is 37.3. The summed E-state index contributed by atoms with van der Waals surface area (Å²) in [6.45, 7) is 2.03. The second kappa shape index (κ2) is 6.95. The molecule has 1 amide bonds. The van der Waals surface area contributed by atoms with Crippen molar-refractivity contribution in [2.24, 2.45) is 7.05 Å². The van der Waals surface area contributed by atoms with Crippen LogP contribution in [0.5, 0.6) is 0 Å². The van der Waals surface area contributed by atoms with E-state index in [-0.39, 0.29) is 24.5 Å². The van der Waals surface area contributed by atoms with Gasteiger partial charge in [-0.25, -0.2) is 4.79 Å². The van der Waals surface area contributed by atoms with Gasteiger partial charge < -0.3 is 9.64 Å². The summed E-state index contributed by atoms with van der Waals surface area (Å²) >= 11 is 0. The van der Waals surface area contributed by atoms with E-state index in [2.05, 4.69) is 5.10 Å². The molecule has 0 fully saturated rings. The van der Waals surface area contributed by atoms with E-state index in [0.29, 0.717) is 6.42 Å². The van der Waals surface area contributed by atoms with Gasteiger partial charge in [0.05, 0.1) is 11.5 Å². The van der Waals surface area contributed by atoms with Crippen molar-refractivity contribution < 1.29 is 19.2 Å². The summed E-state index contributed by atoms with van der Waals surface area (Å²) in [5, 5.41) is 15.2. The highest BCUT2D eigenvalue weighted by Crippen LogP contribution is 2.27. The van der Waals surface area contributed by atoms with Crippen molar-refractivity contribution >= 4 is 17.6 Å². The van der Waals surface area contributed by atoms with E-state index in [4.69, 9.17) is 4.74 Å². The number of esters is 1. The lowest BCUT2D eigenvalue weighted by Gasteiger charge is -2.34. The van der Waals surface area contributed by atoms with E-state index in [9.17, 15) is 19.7 Å². The van der Waals surface area contributed by atoms with E-state index in [1.54, 1.807) is 6.92 Å². The number of ether oxygens (including phenoxy) is 1. The molecular formula is C17H18N4O5. The molecule has 2 heterocycles. The first-order valence-corrected chi connectivity index (χ1v) is 8.14. The van der Waals surface area contributed by atoms with Gasteiger partial charge in [-0.1, -0.05) is 24.3 Å². The topological polar surface area (TPSA) is 108 Å². The Bertz CT molecular complexity index is 876. The number of nitrogens with zero attached hydrogens (tertiary/aromatic N) is 4. The molecule has 1 aliphatic heterocycles. The highest BCUT2D eigenvalue weighted by atomic mass is 16.6. The zero-order chi connectivity index (χ0) is 18.8. The molecular weight excluding hydrogens is 340 g/mol. The Balaban J connectivity index is 2.01. The summed E-state index contributed by atoms with van der Waals surface area (Å²) in [6.07, 6.45) is 1.46. The molecule has 2 aromatic rings. The maximum Gasteiger partial charge on any atom is 0.329 e. The quantitative estimate of drug-likeness (QED) is 0.465. The van der Waals surface area contributed by atoms with Gasteiger partial charge in [-0.2, -0.15) is 5.10 Å². The lowest BCUT2D eigenvalue weighted by Crippen LogP contribution is -2.49. The molecule has 9 heteroatoms. The molecule has 0 spiro atoms. The van der Waals surface area contributed by atoms with Crippen molar-refractivity contribution in [2.75, 3.05) is 6.61 Å². The summed E-state index contributed by atoms with van der Waals surface area (Å²) < 4.78 is 6.31. The fourth-order valence-electron chi connectivity index (χ4n) is 3.08. The van der Waals surface area contributed by atoms with Crippen LogP contribution in [0.15, 0.2) is 30.5 Å². The summed E-state index contributed by atoms with van der Waals surface area (Å²) in [5.74, 6) is -1.20. The number of hydrogen-bond donors (Lipinski definition) is 0. The second-order valence-corrected chi connectivity index (χ2v) is 5.97. The van der Waals surface area contributed by atoms with E-state index < -0.39 is 22.8 Å². The van der Waals surface area contributed by atoms with Gasteiger partial charge in [0, 0.05) is 20.0 Å². The molecule has 1 unspecified atom stereocenters. The Labute approximate surface area is 149 Å². The number of amides is 1. The third-order valence-electron chi connectivity index (χ3n) is 4.28. The number of nitro groups is 1. The molecule has 0 bridgehead atoms. The van der Waals surface area contributed by atoms with E-state index in [1.165, 1.54) is 22.8 Å². The summed E-state index contributed by atoms with van der Waals surface area (Å²) in [5.41, 5.74) is 1.16. The van der Waals surface area contributed by atoms with Gasteiger partial charge in [-0.15, -0.1) is 0 Å². The third-order valence-corrected chi connectivity index (χ3v) is 4.28. The largest absolute Gasteiger partial charge is 0.464 e. The molecule has 0 aliphatic carbocycles. The molecule has 3 rings (SSSR count). The minimum absolute atomic E-state index is 0.159. The predicted molar refractivity (Wildman–Crippen MR) is 90.3 cm³/mol. The molecule has 26 heavy (non-hydrogen) atoms. The minimum atomic E-state index is -0.848. The number of benzene rings is 1. The van der Waals surface area contributed by atoms with Crippen LogP contribution in [-0.4, -0.2) is 44.1 Å². The van der Waals surface area contributed by atoms with Gasteiger partial charge in [-0.05, 0) is 18.1 Å². The Morgan fingerprint density at radius 2 is 2.04 bits per heavy atom. The highest BCUT2D eigenvalue weighted by Gasteiger charge is 2.39. The van der Waals surface area contributed by atoms with Crippen LogP contribution >= 0.6 is 0 Å². The van der Waals surface area contributed by atoms with Crippen LogP contribution in [0.4, 0.5) is 5.69 Å². The Kier molecular flexibility index (Phi) is 4.70. The molecule has 0 saturated carbocycles. The van der Waals surface area contributed by atoms with Gasteiger partial charge in [0.1, 0.15) is 12.2 Å². The molecule has 9 nitrogen and oxygen atoms in total. The number of rotatable bonds is 4. The Morgan fingerprint density at radius 1 is 1.35 bits per heavy atom. The SMILES string of the molecule is CCOC(=O)C1Cc2ccccc2CN1C(=O)c1nn(C)cc1[N+](=O)[O-]. The van der Waals surface area contributed by atoms with Crippen LogP contribution in [-0.2, 0) is 29.5 Å². The zero-order valence-electron chi connectivity index (χ0n) is 14.4. The second-order valence-electron chi connectivity index (χ2n) is 5.97.